The molecule has 1 heterocycles. The van der Waals surface area contributed by atoms with Gasteiger partial charge in [-0.25, -0.2) is 9.69 Å². The van der Waals surface area contributed by atoms with Crippen molar-refractivity contribution in [3.8, 4) is 0 Å². The predicted molar refractivity (Wildman–Crippen MR) is 96.2 cm³/mol. The van der Waals surface area contributed by atoms with Crippen molar-refractivity contribution in [2.45, 2.75) is 38.1 Å². The van der Waals surface area contributed by atoms with Gasteiger partial charge in [-0.2, -0.15) is 0 Å². The van der Waals surface area contributed by atoms with Crippen molar-refractivity contribution in [1.82, 2.24) is 4.90 Å². The van der Waals surface area contributed by atoms with Crippen LogP contribution in [0.25, 0.3) is 0 Å². The second-order valence-corrected chi connectivity index (χ2v) is 6.40. The number of imide groups is 1. The van der Waals surface area contributed by atoms with Crippen LogP contribution in [-0.4, -0.2) is 29.5 Å². The summed E-state index contributed by atoms with van der Waals surface area (Å²) in [4.78, 5) is 26.2. The number of hydrogen-bond acceptors (Lipinski definition) is 3. The molecule has 1 aliphatic heterocycles. The standard InChI is InChI=1S/C21H23NO3/c1-2-17(18-11-7-4-8-12-18)14-20(23)22-19(15-25-21(22)24)13-16-9-5-3-6-10-16/h3-12,17,19H,2,13-15H2,1H3/t17-,19-/m0/s1. The van der Waals surface area contributed by atoms with E-state index in [1.54, 1.807) is 0 Å². The molecule has 0 aliphatic carbocycles. The summed E-state index contributed by atoms with van der Waals surface area (Å²) in [6, 6.07) is 19.6. The number of hydrogen-bond donors (Lipinski definition) is 0. The number of ether oxygens (including phenoxy) is 1. The molecule has 0 unspecified atom stereocenters. The average molecular weight is 337 g/mol. The monoisotopic (exact) mass is 337 g/mol. The largest absolute Gasteiger partial charge is 0.447 e. The molecular weight excluding hydrogens is 314 g/mol. The van der Waals surface area contributed by atoms with Crippen LogP contribution in [0.2, 0.25) is 0 Å². The molecule has 2 amide bonds. The van der Waals surface area contributed by atoms with Crippen LogP contribution < -0.4 is 0 Å². The molecule has 130 valence electrons. The minimum Gasteiger partial charge on any atom is -0.447 e. The molecule has 0 N–H and O–H groups in total. The van der Waals surface area contributed by atoms with Crippen molar-refractivity contribution < 1.29 is 14.3 Å². The maximum atomic E-state index is 12.8. The van der Waals surface area contributed by atoms with Crippen LogP contribution in [0.4, 0.5) is 4.79 Å². The molecule has 0 saturated carbocycles. The molecule has 0 radical (unpaired) electrons. The Hall–Kier alpha value is -2.62. The average Bonchev–Trinajstić information content (AvgIpc) is 3.01. The van der Waals surface area contributed by atoms with E-state index in [0.29, 0.717) is 12.8 Å². The molecule has 0 spiro atoms. The third-order valence-corrected chi connectivity index (χ3v) is 4.73. The lowest BCUT2D eigenvalue weighted by Gasteiger charge is -2.22. The summed E-state index contributed by atoms with van der Waals surface area (Å²) in [5.41, 5.74) is 2.23. The molecule has 4 nitrogen and oxygen atoms in total. The Labute approximate surface area is 148 Å². The zero-order valence-electron chi connectivity index (χ0n) is 14.4. The third-order valence-electron chi connectivity index (χ3n) is 4.73. The highest BCUT2D eigenvalue weighted by Crippen LogP contribution is 2.26. The van der Waals surface area contributed by atoms with E-state index < -0.39 is 6.09 Å². The second kappa shape index (κ2) is 7.97. The van der Waals surface area contributed by atoms with Gasteiger partial charge in [-0.1, -0.05) is 67.6 Å². The summed E-state index contributed by atoms with van der Waals surface area (Å²) in [6.07, 6.45) is 1.28. The van der Waals surface area contributed by atoms with E-state index in [2.05, 4.69) is 6.92 Å². The van der Waals surface area contributed by atoms with Crippen molar-refractivity contribution in [3.05, 3.63) is 71.8 Å². The summed E-state index contributed by atoms with van der Waals surface area (Å²) in [5.74, 6) is -0.0430. The zero-order chi connectivity index (χ0) is 17.6. The molecule has 3 rings (SSSR count). The summed E-state index contributed by atoms with van der Waals surface area (Å²) in [7, 11) is 0. The minimum absolute atomic E-state index is 0.111. The minimum atomic E-state index is -0.520. The van der Waals surface area contributed by atoms with Crippen molar-refractivity contribution in [3.63, 3.8) is 0 Å². The summed E-state index contributed by atoms with van der Waals surface area (Å²) < 4.78 is 5.16. The Morgan fingerprint density at radius 2 is 1.76 bits per heavy atom. The lowest BCUT2D eigenvalue weighted by Crippen LogP contribution is -2.40. The third kappa shape index (κ3) is 4.08. The van der Waals surface area contributed by atoms with Gasteiger partial charge in [-0.05, 0) is 29.9 Å². The number of carbonyl (C=O) groups is 2. The van der Waals surface area contributed by atoms with Crippen LogP contribution in [-0.2, 0) is 16.0 Å². The number of benzene rings is 2. The molecule has 25 heavy (non-hydrogen) atoms. The van der Waals surface area contributed by atoms with Gasteiger partial charge in [0.1, 0.15) is 6.61 Å². The van der Waals surface area contributed by atoms with Gasteiger partial charge in [-0.15, -0.1) is 0 Å². The Kier molecular flexibility index (Phi) is 5.49. The SMILES string of the molecule is CC[C@@H](CC(=O)N1C(=O)OC[C@@H]1Cc1ccccc1)c1ccccc1. The second-order valence-electron chi connectivity index (χ2n) is 6.40. The maximum Gasteiger partial charge on any atom is 0.416 e. The van der Waals surface area contributed by atoms with Gasteiger partial charge in [0.15, 0.2) is 0 Å². The molecule has 0 aromatic heterocycles. The first kappa shape index (κ1) is 17.2. The van der Waals surface area contributed by atoms with Gasteiger partial charge in [0.2, 0.25) is 5.91 Å². The first-order valence-corrected chi connectivity index (χ1v) is 8.76. The normalized spacial score (nSPS) is 18.0. The van der Waals surface area contributed by atoms with E-state index in [1.165, 1.54) is 4.90 Å². The number of amides is 2. The Balaban J connectivity index is 1.71. The first-order valence-electron chi connectivity index (χ1n) is 8.76. The topological polar surface area (TPSA) is 46.6 Å². The van der Waals surface area contributed by atoms with Crippen molar-refractivity contribution in [2.24, 2.45) is 0 Å². The molecular formula is C21H23NO3. The fourth-order valence-electron chi connectivity index (χ4n) is 3.33. The quantitative estimate of drug-likeness (QED) is 0.795. The van der Waals surface area contributed by atoms with Crippen molar-refractivity contribution in [2.75, 3.05) is 6.61 Å². The molecule has 2 aromatic carbocycles. The molecule has 1 fully saturated rings. The maximum absolute atomic E-state index is 12.8. The Bertz CT molecular complexity index is 714. The number of cyclic esters (lactones) is 1. The number of nitrogens with zero attached hydrogens (tertiary/aromatic N) is 1. The van der Waals surface area contributed by atoms with Gasteiger partial charge in [0, 0.05) is 6.42 Å². The highest BCUT2D eigenvalue weighted by molar-refractivity contribution is 5.94. The van der Waals surface area contributed by atoms with Gasteiger partial charge < -0.3 is 4.74 Å². The zero-order valence-corrected chi connectivity index (χ0v) is 14.4. The molecule has 1 aliphatic rings. The highest BCUT2D eigenvalue weighted by Gasteiger charge is 2.38. The van der Waals surface area contributed by atoms with Gasteiger partial charge in [0.25, 0.3) is 0 Å². The highest BCUT2D eigenvalue weighted by atomic mass is 16.6. The summed E-state index contributed by atoms with van der Waals surface area (Å²) >= 11 is 0. The van der Waals surface area contributed by atoms with E-state index >= 15 is 0 Å². The van der Waals surface area contributed by atoms with Gasteiger partial charge in [-0.3, -0.25) is 4.79 Å². The van der Waals surface area contributed by atoms with Gasteiger partial charge in [0.05, 0.1) is 6.04 Å². The molecule has 2 aromatic rings. The van der Waals surface area contributed by atoms with Crippen molar-refractivity contribution >= 4 is 12.0 Å². The van der Waals surface area contributed by atoms with Crippen LogP contribution in [0.3, 0.4) is 0 Å². The van der Waals surface area contributed by atoms with Crippen LogP contribution >= 0.6 is 0 Å². The summed E-state index contributed by atoms with van der Waals surface area (Å²) in [5, 5.41) is 0. The number of carbonyl (C=O) groups excluding carboxylic acids is 2. The fraction of sp³-hybridized carbons (Fsp3) is 0.333. The molecule has 4 heteroatoms. The van der Waals surface area contributed by atoms with Crippen LogP contribution in [0, 0.1) is 0 Å². The Morgan fingerprint density at radius 1 is 1.12 bits per heavy atom. The van der Waals surface area contributed by atoms with E-state index in [4.69, 9.17) is 4.74 Å². The first-order chi connectivity index (χ1) is 12.2. The smallest absolute Gasteiger partial charge is 0.416 e. The van der Waals surface area contributed by atoms with E-state index in [0.717, 1.165) is 17.5 Å². The molecule has 0 bridgehead atoms. The van der Waals surface area contributed by atoms with E-state index in [1.807, 2.05) is 60.7 Å². The summed E-state index contributed by atoms with van der Waals surface area (Å²) in [6.45, 7) is 2.33. The molecule has 2 atom stereocenters. The lowest BCUT2D eigenvalue weighted by atomic mass is 9.92. The van der Waals surface area contributed by atoms with E-state index in [9.17, 15) is 9.59 Å². The van der Waals surface area contributed by atoms with Crippen molar-refractivity contribution in [1.29, 1.82) is 0 Å². The predicted octanol–water partition coefficient (Wildman–Crippen LogP) is 4.16. The number of rotatable bonds is 6. The fourth-order valence-corrected chi connectivity index (χ4v) is 3.33. The van der Waals surface area contributed by atoms with E-state index in [-0.39, 0.29) is 24.5 Å². The van der Waals surface area contributed by atoms with Crippen LogP contribution in [0.15, 0.2) is 60.7 Å². The lowest BCUT2D eigenvalue weighted by molar-refractivity contribution is -0.129. The van der Waals surface area contributed by atoms with Gasteiger partial charge >= 0.3 is 6.09 Å². The van der Waals surface area contributed by atoms with Crippen LogP contribution in [0.5, 0.6) is 0 Å². The van der Waals surface area contributed by atoms with Crippen LogP contribution in [0.1, 0.15) is 36.8 Å². The Morgan fingerprint density at radius 3 is 2.40 bits per heavy atom. The molecule has 1 saturated heterocycles.